The van der Waals surface area contributed by atoms with E-state index in [1.807, 2.05) is 0 Å². The fourth-order valence-corrected chi connectivity index (χ4v) is 3.62. The van der Waals surface area contributed by atoms with Crippen LogP contribution in [0.2, 0.25) is 0 Å². The monoisotopic (exact) mass is 352 g/mol. The number of nitrogens with zero attached hydrogens (tertiary/aromatic N) is 1. The van der Waals surface area contributed by atoms with Crippen molar-refractivity contribution in [2.24, 2.45) is 0 Å². The molecular weight excluding hydrogens is 329 g/mol. The molecule has 0 saturated heterocycles. The molecule has 0 spiro atoms. The van der Waals surface area contributed by atoms with E-state index in [-0.39, 0.29) is 12.1 Å². The molecular formula is C19H23F3N2O. The summed E-state index contributed by atoms with van der Waals surface area (Å²) in [5, 5.41) is 3.19. The van der Waals surface area contributed by atoms with Gasteiger partial charge in [-0.05, 0) is 55.9 Å². The van der Waals surface area contributed by atoms with Crippen LogP contribution in [0, 0.1) is 0 Å². The van der Waals surface area contributed by atoms with Crippen LogP contribution >= 0.6 is 0 Å². The van der Waals surface area contributed by atoms with Crippen LogP contribution in [-0.4, -0.2) is 23.5 Å². The molecule has 3 rings (SSSR count). The Balaban J connectivity index is 1.87. The summed E-state index contributed by atoms with van der Waals surface area (Å²) < 4.78 is 38.9. The molecule has 0 fully saturated rings. The SMILES string of the molecule is CCCCN1C(=O)C2=C(CCCC2)C1Nc1cccc(C(F)(F)F)c1. The molecule has 1 aromatic carbocycles. The van der Waals surface area contributed by atoms with E-state index in [1.54, 1.807) is 11.0 Å². The number of benzene rings is 1. The largest absolute Gasteiger partial charge is 0.416 e. The summed E-state index contributed by atoms with van der Waals surface area (Å²) in [5.41, 5.74) is 1.64. The second kappa shape index (κ2) is 7.10. The molecule has 1 amide bonds. The third-order valence-electron chi connectivity index (χ3n) is 4.92. The number of amides is 1. The van der Waals surface area contributed by atoms with Gasteiger partial charge in [0.1, 0.15) is 6.17 Å². The molecule has 25 heavy (non-hydrogen) atoms. The molecule has 1 unspecified atom stereocenters. The summed E-state index contributed by atoms with van der Waals surface area (Å²) in [4.78, 5) is 14.5. The fourth-order valence-electron chi connectivity index (χ4n) is 3.62. The average molecular weight is 352 g/mol. The third kappa shape index (κ3) is 3.67. The van der Waals surface area contributed by atoms with E-state index in [2.05, 4.69) is 12.2 Å². The van der Waals surface area contributed by atoms with Gasteiger partial charge in [-0.1, -0.05) is 19.4 Å². The number of anilines is 1. The van der Waals surface area contributed by atoms with Gasteiger partial charge in [-0.25, -0.2) is 0 Å². The Hall–Kier alpha value is -1.98. The Morgan fingerprint density at radius 3 is 2.72 bits per heavy atom. The van der Waals surface area contributed by atoms with Gasteiger partial charge in [-0.3, -0.25) is 4.79 Å². The van der Waals surface area contributed by atoms with E-state index in [0.717, 1.165) is 61.8 Å². The second-order valence-corrected chi connectivity index (χ2v) is 6.69. The van der Waals surface area contributed by atoms with Crippen LogP contribution in [0.25, 0.3) is 0 Å². The summed E-state index contributed by atoms with van der Waals surface area (Å²) in [5.74, 6) is 0.0487. The van der Waals surface area contributed by atoms with Gasteiger partial charge in [-0.15, -0.1) is 0 Å². The van der Waals surface area contributed by atoms with Crippen LogP contribution in [0.15, 0.2) is 35.4 Å². The summed E-state index contributed by atoms with van der Waals surface area (Å²) in [6.45, 7) is 2.68. The molecule has 1 aliphatic heterocycles. The number of hydrogen-bond donors (Lipinski definition) is 1. The first-order valence-corrected chi connectivity index (χ1v) is 8.88. The number of alkyl halides is 3. The van der Waals surface area contributed by atoms with Gasteiger partial charge >= 0.3 is 6.18 Å². The number of unbranched alkanes of at least 4 members (excludes halogenated alkanes) is 1. The van der Waals surface area contributed by atoms with Crippen molar-refractivity contribution in [3.05, 3.63) is 41.0 Å². The van der Waals surface area contributed by atoms with Gasteiger partial charge in [0, 0.05) is 17.8 Å². The molecule has 0 saturated carbocycles. The highest BCUT2D eigenvalue weighted by atomic mass is 19.4. The van der Waals surface area contributed by atoms with Gasteiger partial charge < -0.3 is 10.2 Å². The first kappa shape index (κ1) is 17.8. The average Bonchev–Trinajstić information content (AvgIpc) is 2.85. The molecule has 1 aromatic rings. The van der Waals surface area contributed by atoms with Gasteiger partial charge in [0.05, 0.1) is 5.56 Å². The zero-order valence-corrected chi connectivity index (χ0v) is 14.3. The highest BCUT2D eigenvalue weighted by molar-refractivity contribution is 5.98. The minimum Gasteiger partial charge on any atom is -0.362 e. The zero-order chi connectivity index (χ0) is 18.0. The molecule has 1 N–H and O–H groups in total. The fraction of sp³-hybridized carbons (Fsp3) is 0.526. The number of hydrogen-bond acceptors (Lipinski definition) is 2. The molecule has 1 heterocycles. The number of carbonyl (C=O) groups is 1. The highest BCUT2D eigenvalue weighted by Crippen LogP contribution is 2.38. The van der Waals surface area contributed by atoms with Gasteiger partial charge in [0.15, 0.2) is 0 Å². The zero-order valence-electron chi connectivity index (χ0n) is 14.3. The van der Waals surface area contributed by atoms with E-state index in [0.29, 0.717) is 12.2 Å². The second-order valence-electron chi connectivity index (χ2n) is 6.69. The summed E-state index contributed by atoms with van der Waals surface area (Å²) in [6.07, 6.45) is 0.783. The number of carbonyl (C=O) groups excluding carboxylic acids is 1. The van der Waals surface area contributed by atoms with Crippen molar-refractivity contribution >= 4 is 11.6 Å². The van der Waals surface area contributed by atoms with Gasteiger partial charge in [0.25, 0.3) is 5.91 Å². The maximum absolute atomic E-state index is 13.0. The van der Waals surface area contributed by atoms with E-state index in [4.69, 9.17) is 0 Å². The number of nitrogens with one attached hydrogen (secondary N) is 1. The van der Waals surface area contributed by atoms with E-state index < -0.39 is 11.7 Å². The predicted octanol–water partition coefficient (Wildman–Crippen LogP) is 4.96. The molecule has 136 valence electrons. The van der Waals surface area contributed by atoms with Crippen molar-refractivity contribution in [3.63, 3.8) is 0 Å². The van der Waals surface area contributed by atoms with E-state index in [9.17, 15) is 18.0 Å². The van der Waals surface area contributed by atoms with Crippen LogP contribution in [0.4, 0.5) is 18.9 Å². The summed E-state index contributed by atoms with van der Waals surface area (Å²) in [7, 11) is 0. The maximum Gasteiger partial charge on any atom is 0.416 e. The molecule has 0 aromatic heterocycles. The first-order chi connectivity index (χ1) is 11.9. The Morgan fingerprint density at radius 2 is 2.00 bits per heavy atom. The Kier molecular flexibility index (Phi) is 5.06. The van der Waals surface area contributed by atoms with Crippen LogP contribution in [-0.2, 0) is 11.0 Å². The topological polar surface area (TPSA) is 32.3 Å². The minimum atomic E-state index is -4.37. The van der Waals surface area contributed by atoms with Crippen molar-refractivity contribution in [1.82, 2.24) is 4.90 Å². The van der Waals surface area contributed by atoms with Crippen molar-refractivity contribution in [3.8, 4) is 0 Å². The van der Waals surface area contributed by atoms with Crippen molar-refractivity contribution in [2.75, 3.05) is 11.9 Å². The Morgan fingerprint density at radius 1 is 1.24 bits per heavy atom. The summed E-state index contributed by atoms with van der Waals surface area (Å²) in [6, 6.07) is 5.20. The highest BCUT2D eigenvalue weighted by Gasteiger charge is 2.39. The van der Waals surface area contributed by atoms with Crippen molar-refractivity contribution in [2.45, 2.75) is 57.8 Å². The molecule has 1 atom stereocenters. The lowest BCUT2D eigenvalue weighted by Crippen LogP contribution is -2.41. The van der Waals surface area contributed by atoms with Crippen LogP contribution in [0.5, 0.6) is 0 Å². The molecule has 3 nitrogen and oxygen atoms in total. The minimum absolute atomic E-state index is 0.0487. The lowest BCUT2D eigenvalue weighted by atomic mass is 9.92. The third-order valence-corrected chi connectivity index (χ3v) is 4.92. The predicted molar refractivity (Wildman–Crippen MR) is 91.0 cm³/mol. The lowest BCUT2D eigenvalue weighted by molar-refractivity contribution is -0.137. The van der Waals surface area contributed by atoms with Gasteiger partial charge in [-0.2, -0.15) is 13.2 Å². The van der Waals surface area contributed by atoms with Crippen LogP contribution in [0.3, 0.4) is 0 Å². The van der Waals surface area contributed by atoms with Gasteiger partial charge in [0.2, 0.25) is 0 Å². The van der Waals surface area contributed by atoms with Crippen molar-refractivity contribution < 1.29 is 18.0 Å². The van der Waals surface area contributed by atoms with Crippen molar-refractivity contribution in [1.29, 1.82) is 0 Å². The number of halogens is 3. The Labute approximate surface area is 145 Å². The maximum atomic E-state index is 13.0. The Bertz CT molecular complexity index is 681. The quantitative estimate of drug-likeness (QED) is 0.813. The molecule has 6 heteroatoms. The molecule has 0 radical (unpaired) electrons. The summed E-state index contributed by atoms with van der Waals surface area (Å²) >= 11 is 0. The van der Waals surface area contributed by atoms with Crippen LogP contribution < -0.4 is 5.32 Å². The number of rotatable bonds is 5. The van der Waals surface area contributed by atoms with E-state index >= 15 is 0 Å². The molecule has 1 aliphatic carbocycles. The molecule has 2 aliphatic rings. The molecule has 0 bridgehead atoms. The first-order valence-electron chi connectivity index (χ1n) is 8.88. The smallest absolute Gasteiger partial charge is 0.362 e. The van der Waals surface area contributed by atoms with E-state index in [1.165, 1.54) is 6.07 Å². The van der Waals surface area contributed by atoms with Crippen LogP contribution in [0.1, 0.15) is 51.0 Å². The lowest BCUT2D eigenvalue weighted by Gasteiger charge is -2.29. The standard InChI is InChI=1S/C19H23F3N2O/c1-2-3-11-24-17(15-9-4-5-10-16(15)18(24)25)23-14-8-6-7-13(12-14)19(20,21)22/h6-8,12,17,23H,2-5,9-11H2,1H3. The normalized spacial score (nSPS) is 20.9.